The molecule has 2 fully saturated rings. The Morgan fingerprint density at radius 1 is 0.913 bits per heavy atom. The third kappa shape index (κ3) is 5.33. The fourth-order valence-electron chi connectivity index (χ4n) is 7.91. The van der Waals surface area contributed by atoms with Crippen LogP contribution >= 0.6 is 11.8 Å². The Bertz CT molecular complexity index is 1500. The lowest BCUT2D eigenvalue weighted by atomic mass is 9.53. The molecule has 10 atom stereocenters. The van der Waals surface area contributed by atoms with Crippen LogP contribution in [-0.2, 0) is 59.5 Å². The molecule has 2 bridgehead atoms. The quantitative estimate of drug-likeness (QED) is 0.181. The second kappa shape index (κ2) is 12.2. The van der Waals surface area contributed by atoms with Crippen LogP contribution in [0.1, 0.15) is 45.2 Å². The van der Waals surface area contributed by atoms with E-state index in [9.17, 15) is 24.0 Å². The molecule has 3 aliphatic heterocycles. The first-order chi connectivity index (χ1) is 21.8. The lowest BCUT2D eigenvalue weighted by molar-refractivity contribution is -0.235. The van der Waals surface area contributed by atoms with Crippen LogP contribution in [0.2, 0.25) is 0 Å². The number of likely N-dealkylation sites (N-methyl/N-ethyl adjacent to an activating group) is 1. The predicted octanol–water partition coefficient (Wildman–Crippen LogP) is 1.85. The molecule has 6 unspecified atom stereocenters. The molecule has 1 spiro atoms. The Balaban J connectivity index is 1.42. The minimum absolute atomic E-state index is 0.107. The molecule has 14 heteroatoms. The van der Waals surface area contributed by atoms with Gasteiger partial charge in [0.1, 0.15) is 11.5 Å². The Kier molecular flexibility index (Phi) is 8.57. The van der Waals surface area contributed by atoms with Crippen LogP contribution in [-0.4, -0.2) is 103 Å². The minimum Gasteiger partial charge on any atom is -0.484 e. The minimum atomic E-state index is -1.49. The van der Waals surface area contributed by atoms with E-state index in [4.69, 9.17) is 33.2 Å². The van der Waals surface area contributed by atoms with E-state index in [0.717, 1.165) is 51.5 Å². The molecule has 3 heterocycles. The van der Waals surface area contributed by atoms with Crippen molar-refractivity contribution in [3.63, 3.8) is 0 Å². The van der Waals surface area contributed by atoms with Gasteiger partial charge in [0.25, 0.3) is 0 Å². The van der Waals surface area contributed by atoms with Gasteiger partial charge in [0.15, 0.2) is 35.9 Å². The molecule has 0 radical (unpaired) electrons. The molecule has 1 aromatic carbocycles. The summed E-state index contributed by atoms with van der Waals surface area (Å²) in [6.07, 6.45) is -0.236. The summed E-state index contributed by atoms with van der Waals surface area (Å²) in [4.78, 5) is 64.2. The van der Waals surface area contributed by atoms with Crippen LogP contribution in [0.15, 0.2) is 24.3 Å². The van der Waals surface area contributed by atoms with Gasteiger partial charge in [-0.05, 0) is 38.1 Å². The normalized spacial score (nSPS) is 35.2. The van der Waals surface area contributed by atoms with E-state index < -0.39 is 76.5 Å². The van der Waals surface area contributed by atoms with Crippen molar-refractivity contribution in [2.45, 2.75) is 93.2 Å². The van der Waals surface area contributed by atoms with Gasteiger partial charge in [-0.2, -0.15) is 0 Å². The van der Waals surface area contributed by atoms with Gasteiger partial charge in [-0.15, -0.1) is 11.8 Å². The summed E-state index contributed by atoms with van der Waals surface area (Å²) in [5.74, 6) is -2.52. The van der Waals surface area contributed by atoms with Crippen LogP contribution in [0.25, 0.3) is 0 Å². The number of nitrogens with zero attached hydrogens (tertiary/aromatic N) is 1. The molecule has 0 amide bonds. The van der Waals surface area contributed by atoms with E-state index in [2.05, 4.69) is 18.0 Å². The van der Waals surface area contributed by atoms with Crippen molar-refractivity contribution in [3.05, 3.63) is 35.4 Å². The Morgan fingerprint density at radius 2 is 1.59 bits per heavy atom. The summed E-state index contributed by atoms with van der Waals surface area (Å²) < 4.78 is 40.3. The van der Waals surface area contributed by atoms with Gasteiger partial charge in [-0.25, -0.2) is 4.79 Å². The van der Waals surface area contributed by atoms with Gasteiger partial charge in [-0.1, -0.05) is 18.2 Å². The van der Waals surface area contributed by atoms with Gasteiger partial charge in [0.05, 0.1) is 12.4 Å². The van der Waals surface area contributed by atoms with Crippen LogP contribution < -0.4 is 9.47 Å². The predicted molar refractivity (Wildman–Crippen MR) is 160 cm³/mol. The summed E-state index contributed by atoms with van der Waals surface area (Å²) in [6, 6.07) is 4.01. The topological polar surface area (TPSA) is 153 Å². The monoisotopic (exact) mass is 659 g/mol. The summed E-state index contributed by atoms with van der Waals surface area (Å²) in [7, 11) is 3.28. The maximum atomic E-state index is 13.0. The van der Waals surface area contributed by atoms with Crippen LogP contribution in [0, 0.1) is 5.92 Å². The zero-order chi connectivity index (χ0) is 33.1. The number of methoxy groups -OCH3 is 1. The van der Waals surface area contributed by atoms with E-state index in [-0.39, 0.29) is 12.0 Å². The van der Waals surface area contributed by atoms with E-state index in [1.807, 2.05) is 12.1 Å². The molecule has 2 saturated heterocycles. The standard InChI is InChI=1S/C32H37NO12S/c1-14(34)40-21-9-7-18-13-20-19-8-10-22(29-32(19,11-12-33(20)5)23(18)24(21)44-29)46-31-28(43-17(4)37)26(42-16(3)36)25(41-15(2)35)27(45-31)30(38)39-6/h7-10,19-20,22,25-29,31H,11-13H2,1-6H3/t19-,20+,22?,25?,26?,27?,28?,29-,31?,32-/m0/s1. The van der Waals surface area contributed by atoms with E-state index >= 15 is 0 Å². The molecule has 0 N–H and O–H groups in total. The smallest absolute Gasteiger partial charge is 0.339 e. The van der Waals surface area contributed by atoms with Gasteiger partial charge in [0.2, 0.25) is 0 Å². The lowest BCUT2D eigenvalue weighted by Crippen LogP contribution is -2.65. The number of rotatable bonds is 7. The Morgan fingerprint density at radius 3 is 2.24 bits per heavy atom. The number of benzene rings is 1. The molecule has 0 saturated carbocycles. The van der Waals surface area contributed by atoms with Gasteiger partial charge in [0, 0.05) is 50.6 Å². The lowest BCUT2D eigenvalue weighted by Gasteiger charge is -2.57. The summed E-state index contributed by atoms with van der Waals surface area (Å²) in [5.41, 5.74) is 0.641. The third-order valence-electron chi connectivity index (χ3n) is 9.49. The largest absolute Gasteiger partial charge is 0.484 e. The molecule has 46 heavy (non-hydrogen) atoms. The number of hydrogen-bond donors (Lipinski definition) is 0. The molecule has 248 valence electrons. The van der Waals surface area contributed by atoms with Crippen LogP contribution in [0.4, 0.5) is 0 Å². The Labute approximate surface area is 270 Å². The summed E-state index contributed by atoms with van der Waals surface area (Å²) >= 11 is 1.24. The maximum Gasteiger partial charge on any atom is 0.339 e. The van der Waals surface area contributed by atoms with Crippen LogP contribution in [0.3, 0.4) is 0 Å². The first kappa shape index (κ1) is 32.3. The maximum absolute atomic E-state index is 13.0. The number of carbonyl (C=O) groups is 5. The third-order valence-corrected chi connectivity index (χ3v) is 10.9. The van der Waals surface area contributed by atoms with Crippen molar-refractivity contribution in [3.8, 4) is 11.5 Å². The number of piperidine rings is 1. The number of carbonyl (C=O) groups excluding carboxylic acids is 5. The molecular weight excluding hydrogens is 622 g/mol. The second-order valence-electron chi connectivity index (χ2n) is 12.3. The van der Waals surface area contributed by atoms with Crippen molar-refractivity contribution in [1.29, 1.82) is 0 Å². The van der Waals surface area contributed by atoms with E-state index in [0.29, 0.717) is 11.5 Å². The summed E-state index contributed by atoms with van der Waals surface area (Å²) in [6.45, 7) is 5.65. The molecule has 1 aromatic rings. The average molecular weight is 660 g/mol. The number of likely N-dealkylation sites (tertiary alicyclic amines) is 1. The number of hydrogen-bond acceptors (Lipinski definition) is 14. The van der Waals surface area contributed by atoms with Crippen molar-refractivity contribution >= 4 is 41.6 Å². The fraction of sp³-hybridized carbons (Fsp3) is 0.594. The molecule has 6 rings (SSSR count). The first-order valence-corrected chi connectivity index (χ1v) is 16.1. The first-order valence-electron chi connectivity index (χ1n) is 15.2. The van der Waals surface area contributed by atoms with E-state index in [1.54, 1.807) is 6.07 Å². The highest BCUT2D eigenvalue weighted by Crippen LogP contribution is 2.64. The van der Waals surface area contributed by atoms with Crippen molar-refractivity contribution < 1.29 is 57.1 Å². The number of ether oxygens (including phenoxy) is 7. The average Bonchev–Trinajstić information content (AvgIpc) is 3.33. The molecular formula is C32H37NO12S. The van der Waals surface area contributed by atoms with Gasteiger partial charge >= 0.3 is 29.8 Å². The fourth-order valence-corrected chi connectivity index (χ4v) is 9.39. The SMILES string of the molecule is COC(=O)C1OC(SC2C=C[C@H]3[C@H]4Cc5ccc(OC(C)=O)c6c5[C@@]3(CCN4C)[C@H]2O6)C(OC(C)=O)C(OC(C)=O)C1OC(C)=O. The zero-order valence-electron chi connectivity index (χ0n) is 26.4. The highest BCUT2D eigenvalue weighted by Gasteiger charge is 2.65. The van der Waals surface area contributed by atoms with Crippen molar-refractivity contribution in [1.82, 2.24) is 4.90 Å². The molecule has 0 aromatic heterocycles. The van der Waals surface area contributed by atoms with Crippen molar-refractivity contribution in [2.24, 2.45) is 5.92 Å². The molecule has 5 aliphatic rings. The number of esters is 5. The molecule has 2 aliphatic carbocycles. The summed E-state index contributed by atoms with van der Waals surface area (Å²) in [5, 5.41) is -0.423. The highest BCUT2D eigenvalue weighted by atomic mass is 32.2. The highest BCUT2D eigenvalue weighted by molar-refractivity contribution is 8.00. The Hall–Kier alpha value is -3.62. The molecule has 13 nitrogen and oxygen atoms in total. The zero-order valence-corrected chi connectivity index (χ0v) is 27.2. The van der Waals surface area contributed by atoms with Gasteiger partial charge < -0.3 is 38.1 Å². The van der Waals surface area contributed by atoms with Crippen LogP contribution in [0.5, 0.6) is 11.5 Å². The number of thioether (sulfide) groups is 1. The van der Waals surface area contributed by atoms with Crippen molar-refractivity contribution in [2.75, 3.05) is 20.7 Å². The second-order valence-corrected chi connectivity index (χ2v) is 13.6. The van der Waals surface area contributed by atoms with Gasteiger partial charge in [-0.3, -0.25) is 19.2 Å². The van der Waals surface area contributed by atoms with E-state index in [1.165, 1.54) is 25.6 Å².